The Labute approximate surface area is 88.5 Å². The molecule has 2 nitrogen and oxygen atoms in total. The van der Waals surface area contributed by atoms with Gasteiger partial charge in [-0.15, -0.1) is 11.6 Å². The highest BCUT2D eigenvalue weighted by Crippen LogP contribution is 2.27. The van der Waals surface area contributed by atoms with Crippen molar-refractivity contribution in [2.24, 2.45) is 5.92 Å². The summed E-state index contributed by atoms with van der Waals surface area (Å²) in [5, 5.41) is 0. The van der Waals surface area contributed by atoms with Crippen molar-refractivity contribution < 1.29 is 0 Å². The summed E-state index contributed by atoms with van der Waals surface area (Å²) in [5.41, 5.74) is 0.780. The van der Waals surface area contributed by atoms with E-state index < -0.39 is 0 Å². The maximum absolute atomic E-state index is 11.8. The second-order valence-corrected chi connectivity index (χ2v) is 4.19. The van der Waals surface area contributed by atoms with Crippen LogP contribution in [0.4, 0.5) is 0 Å². The quantitative estimate of drug-likeness (QED) is 0.704. The maximum Gasteiger partial charge on any atom is 0.254 e. The number of alkyl halides is 1. The van der Waals surface area contributed by atoms with Crippen LogP contribution in [0.5, 0.6) is 0 Å². The predicted octanol–water partition coefficient (Wildman–Crippen LogP) is 2.39. The van der Waals surface area contributed by atoms with Crippen molar-refractivity contribution in [1.82, 2.24) is 4.57 Å². The van der Waals surface area contributed by atoms with Crippen molar-refractivity contribution in [1.29, 1.82) is 0 Å². The molecular weight excluding hydrogens is 198 g/mol. The third-order valence-electron chi connectivity index (χ3n) is 2.92. The van der Waals surface area contributed by atoms with Crippen LogP contribution in [0.1, 0.15) is 24.8 Å². The van der Waals surface area contributed by atoms with E-state index in [9.17, 15) is 4.79 Å². The number of hydrogen-bond donors (Lipinski definition) is 0. The summed E-state index contributed by atoms with van der Waals surface area (Å²) in [6.45, 7) is 0.865. The Morgan fingerprint density at radius 3 is 2.86 bits per heavy atom. The van der Waals surface area contributed by atoms with Gasteiger partial charge in [-0.25, -0.2) is 0 Å². The second kappa shape index (κ2) is 4.18. The fraction of sp³-hybridized carbons (Fsp3) is 0.545. The number of nitrogens with zero attached hydrogens (tertiary/aromatic N) is 1. The van der Waals surface area contributed by atoms with E-state index in [-0.39, 0.29) is 5.56 Å². The molecule has 0 amide bonds. The maximum atomic E-state index is 11.8. The molecule has 1 aromatic rings. The first-order valence-electron chi connectivity index (χ1n) is 5.05. The van der Waals surface area contributed by atoms with Gasteiger partial charge in [0.2, 0.25) is 0 Å². The highest BCUT2D eigenvalue weighted by molar-refractivity contribution is 6.17. The zero-order chi connectivity index (χ0) is 9.97. The number of pyridine rings is 1. The van der Waals surface area contributed by atoms with Crippen molar-refractivity contribution in [3.05, 3.63) is 34.2 Å². The van der Waals surface area contributed by atoms with E-state index in [0.29, 0.717) is 17.4 Å². The highest BCUT2D eigenvalue weighted by Gasteiger charge is 2.18. The van der Waals surface area contributed by atoms with E-state index in [4.69, 9.17) is 11.6 Å². The minimum Gasteiger partial charge on any atom is -0.315 e. The van der Waals surface area contributed by atoms with Crippen LogP contribution in [-0.2, 0) is 12.4 Å². The van der Waals surface area contributed by atoms with Gasteiger partial charge >= 0.3 is 0 Å². The molecule has 0 unspecified atom stereocenters. The zero-order valence-corrected chi connectivity index (χ0v) is 8.83. The lowest BCUT2D eigenvalue weighted by atomic mass is 9.85. The summed E-state index contributed by atoms with van der Waals surface area (Å²) in [6.07, 6.45) is 5.69. The van der Waals surface area contributed by atoms with Gasteiger partial charge in [-0.05, 0) is 24.8 Å². The van der Waals surface area contributed by atoms with Crippen LogP contribution in [0, 0.1) is 5.92 Å². The van der Waals surface area contributed by atoms with Crippen LogP contribution in [0.25, 0.3) is 0 Å². The Morgan fingerprint density at radius 1 is 1.50 bits per heavy atom. The molecule has 1 saturated carbocycles. The van der Waals surface area contributed by atoms with E-state index in [1.807, 2.05) is 12.3 Å². The molecule has 76 valence electrons. The summed E-state index contributed by atoms with van der Waals surface area (Å²) >= 11 is 5.68. The van der Waals surface area contributed by atoms with E-state index in [1.165, 1.54) is 19.3 Å². The van der Waals surface area contributed by atoms with Crippen LogP contribution in [0.3, 0.4) is 0 Å². The van der Waals surface area contributed by atoms with Gasteiger partial charge in [0.1, 0.15) is 0 Å². The summed E-state index contributed by atoms with van der Waals surface area (Å²) < 4.78 is 1.79. The lowest BCUT2D eigenvalue weighted by molar-refractivity contribution is 0.273. The summed E-state index contributed by atoms with van der Waals surface area (Å²) in [4.78, 5) is 11.8. The van der Waals surface area contributed by atoms with E-state index in [1.54, 1.807) is 10.6 Å². The fourth-order valence-corrected chi connectivity index (χ4v) is 1.99. The number of aromatic nitrogens is 1. The van der Waals surface area contributed by atoms with Crippen molar-refractivity contribution >= 4 is 11.6 Å². The van der Waals surface area contributed by atoms with Gasteiger partial charge in [-0.1, -0.05) is 12.5 Å². The topological polar surface area (TPSA) is 22.0 Å². The standard InChI is InChI=1S/C11H14ClNO/c12-7-10-5-2-6-13(11(10)14)8-9-3-1-4-9/h2,5-6,9H,1,3-4,7-8H2. The Balaban J connectivity index is 2.19. The molecule has 1 aliphatic rings. The van der Waals surface area contributed by atoms with Crippen molar-refractivity contribution in [2.45, 2.75) is 31.7 Å². The van der Waals surface area contributed by atoms with E-state index in [0.717, 1.165) is 6.54 Å². The number of rotatable bonds is 3. The fourth-order valence-electron chi connectivity index (χ4n) is 1.79. The predicted molar refractivity (Wildman–Crippen MR) is 57.6 cm³/mol. The van der Waals surface area contributed by atoms with Gasteiger partial charge in [0, 0.05) is 18.3 Å². The Kier molecular flexibility index (Phi) is 2.92. The number of hydrogen-bond acceptors (Lipinski definition) is 1. The summed E-state index contributed by atoms with van der Waals surface area (Å²) in [6, 6.07) is 3.70. The van der Waals surface area contributed by atoms with Crippen molar-refractivity contribution in [2.75, 3.05) is 0 Å². The first-order chi connectivity index (χ1) is 6.81. The van der Waals surface area contributed by atoms with Gasteiger partial charge in [0.15, 0.2) is 0 Å². The Bertz CT molecular complexity index is 368. The molecule has 0 spiro atoms. The molecule has 0 saturated heterocycles. The molecule has 0 bridgehead atoms. The van der Waals surface area contributed by atoms with E-state index in [2.05, 4.69) is 0 Å². The highest BCUT2D eigenvalue weighted by atomic mass is 35.5. The van der Waals surface area contributed by atoms with Crippen LogP contribution in [-0.4, -0.2) is 4.57 Å². The van der Waals surface area contributed by atoms with Gasteiger partial charge in [0.25, 0.3) is 5.56 Å². The molecule has 2 rings (SSSR count). The molecule has 1 fully saturated rings. The molecule has 3 heteroatoms. The van der Waals surface area contributed by atoms with Crippen molar-refractivity contribution in [3.8, 4) is 0 Å². The normalized spacial score (nSPS) is 16.6. The van der Waals surface area contributed by atoms with Gasteiger partial charge in [0.05, 0.1) is 5.88 Å². The largest absolute Gasteiger partial charge is 0.315 e. The molecule has 0 aromatic carbocycles. The Hall–Kier alpha value is -0.760. The molecule has 0 N–H and O–H groups in total. The second-order valence-electron chi connectivity index (χ2n) is 3.92. The molecule has 1 aromatic heterocycles. The van der Waals surface area contributed by atoms with E-state index >= 15 is 0 Å². The van der Waals surface area contributed by atoms with Gasteiger partial charge < -0.3 is 4.57 Å². The average molecular weight is 212 g/mol. The van der Waals surface area contributed by atoms with Crippen LogP contribution in [0.2, 0.25) is 0 Å². The average Bonchev–Trinajstić information content (AvgIpc) is 2.13. The summed E-state index contributed by atoms with van der Waals surface area (Å²) in [5.74, 6) is 1.02. The minimum atomic E-state index is 0.0781. The molecule has 0 aliphatic heterocycles. The third-order valence-corrected chi connectivity index (χ3v) is 3.21. The zero-order valence-electron chi connectivity index (χ0n) is 8.08. The lowest BCUT2D eigenvalue weighted by Crippen LogP contribution is -2.28. The molecule has 1 heterocycles. The first-order valence-corrected chi connectivity index (χ1v) is 5.59. The van der Waals surface area contributed by atoms with Crippen LogP contribution < -0.4 is 5.56 Å². The van der Waals surface area contributed by atoms with Crippen molar-refractivity contribution in [3.63, 3.8) is 0 Å². The lowest BCUT2D eigenvalue weighted by Gasteiger charge is -2.25. The minimum absolute atomic E-state index is 0.0781. The molecule has 0 atom stereocenters. The van der Waals surface area contributed by atoms with Crippen LogP contribution in [0.15, 0.2) is 23.1 Å². The summed E-state index contributed by atoms with van der Waals surface area (Å²) in [7, 11) is 0. The number of halogens is 1. The molecule has 14 heavy (non-hydrogen) atoms. The molecular formula is C11H14ClNO. The molecule has 1 aliphatic carbocycles. The third kappa shape index (κ3) is 1.85. The first kappa shape index (κ1) is 9.78. The Morgan fingerprint density at radius 2 is 2.29 bits per heavy atom. The monoisotopic (exact) mass is 211 g/mol. The molecule has 0 radical (unpaired) electrons. The van der Waals surface area contributed by atoms with Crippen LogP contribution >= 0.6 is 11.6 Å². The smallest absolute Gasteiger partial charge is 0.254 e. The SMILES string of the molecule is O=c1c(CCl)cccn1CC1CCC1. The van der Waals surface area contributed by atoms with Gasteiger partial charge in [-0.2, -0.15) is 0 Å². The van der Waals surface area contributed by atoms with Gasteiger partial charge in [-0.3, -0.25) is 4.79 Å².